The second-order valence-electron chi connectivity index (χ2n) is 9.71. The van der Waals surface area contributed by atoms with E-state index in [1.807, 2.05) is 0 Å². The Labute approximate surface area is 259 Å². The summed E-state index contributed by atoms with van der Waals surface area (Å²) in [6, 6.07) is 0. The number of ketones is 1. The summed E-state index contributed by atoms with van der Waals surface area (Å²) in [5.41, 5.74) is 0. The molecule has 0 rings (SSSR count). The zero-order valence-corrected chi connectivity index (χ0v) is 25.4. The van der Waals surface area contributed by atoms with Crippen LogP contribution in [0.15, 0.2) is 0 Å². The molecule has 0 aromatic heterocycles. The van der Waals surface area contributed by atoms with Crippen LogP contribution in [0.3, 0.4) is 0 Å². The quantitative estimate of drug-likeness (QED) is 0.0325. The standard InChI is InChI=1S/C26H48F4O15/c1-20(32)3-2-5-37-9-21(33)12-42-15-24(36)16-43-17-25(27,28)45-26(29,30)18-44-19-40-8-7-39-11-23(35)14-41-13-22(34)10-38-6-4-31/h21-24,31,33-36H,2-19H2,1H3. The van der Waals surface area contributed by atoms with Gasteiger partial charge in [0.2, 0.25) is 0 Å². The van der Waals surface area contributed by atoms with E-state index in [2.05, 4.69) is 14.2 Å². The van der Waals surface area contributed by atoms with Gasteiger partial charge in [0.15, 0.2) is 0 Å². The maximum atomic E-state index is 13.7. The van der Waals surface area contributed by atoms with Crippen LogP contribution in [0.5, 0.6) is 0 Å². The van der Waals surface area contributed by atoms with Crippen molar-refractivity contribution in [2.45, 2.75) is 56.4 Å². The molecule has 0 spiro atoms. The van der Waals surface area contributed by atoms with E-state index in [0.717, 1.165) is 0 Å². The molecule has 4 unspecified atom stereocenters. The van der Waals surface area contributed by atoms with Gasteiger partial charge in [-0.05, 0) is 13.3 Å². The van der Waals surface area contributed by atoms with Crippen molar-refractivity contribution in [3.63, 3.8) is 0 Å². The highest BCUT2D eigenvalue weighted by Crippen LogP contribution is 2.27. The fourth-order valence-electron chi connectivity index (χ4n) is 3.01. The average molecular weight is 677 g/mol. The first kappa shape index (κ1) is 43.8. The lowest BCUT2D eigenvalue weighted by Gasteiger charge is -2.24. The highest BCUT2D eigenvalue weighted by Gasteiger charge is 2.44. The first-order valence-corrected chi connectivity index (χ1v) is 14.2. The molecule has 0 saturated carbocycles. The van der Waals surface area contributed by atoms with Gasteiger partial charge in [0, 0.05) is 13.0 Å². The van der Waals surface area contributed by atoms with Crippen molar-refractivity contribution in [3.05, 3.63) is 0 Å². The first-order valence-electron chi connectivity index (χ1n) is 14.2. The smallest absolute Gasteiger partial charge is 0.383 e. The number of carbonyl (C=O) groups is 1. The molecule has 19 heteroatoms. The third kappa shape index (κ3) is 29.9. The van der Waals surface area contributed by atoms with Crippen molar-refractivity contribution >= 4 is 5.78 Å². The van der Waals surface area contributed by atoms with Crippen LogP contribution in [0.4, 0.5) is 17.6 Å². The molecule has 0 saturated heterocycles. The largest absolute Gasteiger partial charge is 0.394 e. The van der Waals surface area contributed by atoms with Crippen LogP contribution in [-0.4, -0.2) is 174 Å². The van der Waals surface area contributed by atoms with Gasteiger partial charge in [-0.15, -0.1) is 0 Å². The number of rotatable bonds is 33. The molecule has 0 aliphatic rings. The number of halogens is 4. The molecule has 0 bridgehead atoms. The predicted molar refractivity (Wildman–Crippen MR) is 144 cm³/mol. The van der Waals surface area contributed by atoms with Crippen LogP contribution in [0.25, 0.3) is 0 Å². The summed E-state index contributed by atoms with van der Waals surface area (Å²) in [5.74, 6) is 0.0171. The predicted octanol–water partition coefficient (Wildman–Crippen LogP) is -0.916. The summed E-state index contributed by atoms with van der Waals surface area (Å²) in [4.78, 5) is 10.8. The van der Waals surface area contributed by atoms with Crippen molar-refractivity contribution in [1.82, 2.24) is 0 Å². The molecule has 270 valence electrons. The Kier molecular flexibility index (Phi) is 26.2. The molecule has 4 atom stereocenters. The Hall–Kier alpha value is -1.17. The summed E-state index contributed by atoms with van der Waals surface area (Å²) >= 11 is 0. The minimum Gasteiger partial charge on any atom is -0.394 e. The van der Waals surface area contributed by atoms with E-state index in [0.29, 0.717) is 12.8 Å². The van der Waals surface area contributed by atoms with Crippen LogP contribution in [-0.2, 0) is 47.4 Å². The Bertz CT molecular complexity index is 711. The molecule has 45 heavy (non-hydrogen) atoms. The van der Waals surface area contributed by atoms with E-state index >= 15 is 0 Å². The maximum Gasteiger partial charge on any atom is 0.383 e. The Balaban J connectivity index is 3.85. The zero-order chi connectivity index (χ0) is 34.0. The Morgan fingerprint density at radius 3 is 1.47 bits per heavy atom. The molecule has 0 amide bonds. The summed E-state index contributed by atoms with van der Waals surface area (Å²) < 4.78 is 97.6. The molecule has 0 radical (unpaired) electrons. The van der Waals surface area contributed by atoms with E-state index in [4.69, 9.17) is 33.5 Å². The van der Waals surface area contributed by atoms with E-state index in [-0.39, 0.29) is 78.5 Å². The normalized spacial score (nSPS) is 15.2. The van der Waals surface area contributed by atoms with Crippen molar-refractivity contribution in [1.29, 1.82) is 0 Å². The van der Waals surface area contributed by atoms with Crippen LogP contribution >= 0.6 is 0 Å². The summed E-state index contributed by atoms with van der Waals surface area (Å²) in [7, 11) is 0. The van der Waals surface area contributed by atoms with Gasteiger partial charge in [-0.25, -0.2) is 0 Å². The minimum absolute atomic E-state index is 0.0171. The molecule has 0 heterocycles. The van der Waals surface area contributed by atoms with Gasteiger partial charge in [-0.2, -0.15) is 17.6 Å². The van der Waals surface area contributed by atoms with Gasteiger partial charge >= 0.3 is 12.2 Å². The number of carbonyl (C=O) groups excluding carboxylic acids is 1. The lowest BCUT2D eigenvalue weighted by molar-refractivity contribution is -0.396. The molecule has 5 N–H and O–H groups in total. The summed E-state index contributed by atoms with van der Waals surface area (Å²) in [6.45, 7) is -4.28. The number of alkyl halides is 4. The van der Waals surface area contributed by atoms with Crippen LogP contribution in [0.1, 0.15) is 19.8 Å². The summed E-state index contributed by atoms with van der Waals surface area (Å²) in [5, 5.41) is 47.2. The van der Waals surface area contributed by atoms with Crippen LogP contribution in [0.2, 0.25) is 0 Å². The van der Waals surface area contributed by atoms with Gasteiger partial charge in [-0.1, -0.05) is 0 Å². The van der Waals surface area contributed by atoms with E-state index in [9.17, 15) is 42.8 Å². The van der Waals surface area contributed by atoms with Crippen molar-refractivity contribution in [3.8, 4) is 0 Å². The maximum absolute atomic E-state index is 13.7. The molecule has 0 aromatic rings. The number of aliphatic hydroxyl groups is 5. The third-order valence-corrected chi connectivity index (χ3v) is 4.91. The monoisotopic (exact) mass is 676 g/mol. The number of Topliss-reactive ketones (excluding diaryl/α,β-unsaturated/α-hetero) is 1. The lowest BCUT2D eigenvalue weighted by atomic mass is 10.2. The fourth-order valence-corrected chi connectivity index (χ4v) is 3.01. The van der Waals surface area contributed by atoms with Gasteiger partial charge < -0.3 is 68.2 Å². The highest BCUT2D eigenvalue weighted by atomic mass is 19.3. The van der Waals surface area contributed by atoms with Gasteiger partial charge in [-0.3, -0.25) is 4.74 Å². The number of ether oxygens (including phenoxy) is 9. The molecule has 0 aliphatic carbocycles. The number of hydrogen-bond donors (Lipinski definition) is 5. The van der Waals surface area contributed by atoms with Gasteiger partial charge in [0.1, 0.15) is 50.2 Å². The second kappa shape index (κ2) is 26.9. The molecular formula is C26H48F4O15. The minimum atomic E-state index is -4.42. The average Bonchev–Trinajstić information content (AvgIpc) is 2.93. The number of hydrogen-bond acceptors (Lipinski definition) is 15. The second-order valence-corrected chi connectivity index (χ2v) is 9.71. The first-order chi connectivity index (χ1) is 21.3. The third-order valence-electron chi connectivity index (χ3n) is 4.91. The van der Waals surface area contributed by atoms with Gasteiger partial charge in [0.05, 0.1) is 79.3 Å². The highest BCUT2D eigenvalue weighted by molar-refractivity contribution is 5.75. The SMILES string of the molecule is CC(=O)CCCOCC(O)COCC(O)COCC(F)(F)OC(F)(F)COCOCCOCC(O)COCC(O)COCCO. The molecule has 0 fully saturated rings. The molecule has 15 nitrogen and oxygen atoms in total. The van der Waals surface area contributed by atoms with Gasteiger partial charge in [0.25, 0.3) is 0 Å². The van der Waals surface area contributed by atoms with Crippen LogP contribution < -0.4 is 0 Å². The lowest BCUT2D eigenvalue weighted by Crippen LogP contribution is -2.40. The summed E-state index contributed by atoms with van der Waals surface area (Å²) in [6.07, 6.45) is -12.3. The molecule has 0 aromatic carbocycles. The zero-order valence-electron chi connectivity index (χ0n) is 25.4. The number of aliphatic hydroxyl groups excluding tert-OH is 5. The van der Waals surface area contributed by atoms with Crippen LogP contribution in [0, 0.1) is 0 Å². The van der Waals surface area contributed by atoms with E-state index < -0.39 is 69.9 Å². The topological polar surface area (TPSA) is 201 Å². The van der Waals surface area contributed by atoms with Crippen molar-refractivity contribution in [2.75, 3.05) is 106 Å². The van der Waals surface area contributed by atoms with Crippen molar-refractivity contribution in [2.24, 2.45) is 0 Å². The molecular weight excluding hydrogens is 628 g/mol. The Morgan fingerprint density at radius 1 is 0.578 bits per heavy atom. The van der Waals surface area contributed by atoms with E-state index in [1.54, 1.807) is 0 Å². The van der Waals surface area contributed by atoms with Crippen molar-refractivity contribution < 1.29 is 90.5 Å². The Morgan fingerprint density at radius 2 is 0.978 bits per heavy atom. The molecule has 0 aliphatic heterocycles. The fraction of sp³-hybridized carbons (Fsp3) is 0.962. The van der Waals surface area contributed by atoms with E-state index in [1.165, 1.54) is 6.92 Å².